The van der Waals surface area contributed by atoms with Gasteiger partial charge in [0.05, 0.1) is 17.0 Å². The maximum Gasteiger partial charge on any atom is 0.252 e. The molecular weight excluding hydrogens is 262 g/mol. The van der Waals surface area contributed by atoms with Gasteiger partial charge >= 0.3 is 0 Å². The number of aromatic nitrogens is 4. The Labute approximate surface area is 114 Å². The van der Waals surface area contributed by atoms with Gasteiger partial charge in [-0.2, -0.15) is 10.1 Å². The van der Waals surface area contributed by atoms with Crippen LogP contribution in [0.2, 0.25) is 0 Å². The Bertz CT molecular complexity index is 800. The van der Waals surface area contributed by atoms with Crippen molar-refractivity contribution in [3.8, 4) is 11.1 Å². The number of rotatable bonds is 1. The van der Waals surface area contributed by atoms with Gasteiger partial charge in [-0.1, -0.05) is 0 Å². The standard InChI is InChI=1S/C14H12F2N4/c1-7-4-10(15)13(11(16)5-7)12-8(2)19-14-17-6-18-20(14)9(12)3/h4-6H,1-3H3. The molecule has 0 aliphatic carbocycles. The highest BCUT2D eigenvalue weighted by Gasteiger charge is 2.20. The van der Waals surface area contributed by atoms with Crippen LogP contribution in [-0.4, -0.2) is 19.6 Å². The van der Waals surface area contributed by atoms with E-state index in [0.717, 1.165) is 0 Å². The van der Waals surface area contributed by atoms with Crippen LogP contribution in [0.15, 0.2) is 18.5 Å². The van der Waals surface area contributed by atoms with Crippen molar-refractivity contribution in [1.29, 1.82) is 0 Å². The van der Waals surface area contributed by atoms with Gasteiger partial charge < -0.3 is 0 Å². The lowest BCUT2D eigenvalue weighted by atomic mass is 10.00. The van der Waals surface area contributed by atoms with Crippen LogP contribution in [0.3, 0.4) is 0 Å². The predicted molar refractivity (Wildman–Crippen MR) is 70.3 cm³/mol. The summed E-state index contributed by atoms with van der Waals surface area (Å²) in [4.78, 5) is 8.22. The van der Waals surface area contributed by atoms with Gasteiger partial charge in [0.25, 0.3) is 5.78 Å². The molecule has 3 aromatic rings. The van der Waals surface area contributed by atoms with Crippen molar-refractivity contribution >= 4 is 5.78 Å². The second-order valence-corrected chi connectivity index (χ2v) is 4.73. The van der Waals surface area contributed by atoms with E-state index in [1.165, 1.54) is 23.0 Å². The molecule has 0 saturated heterocycles. The van der Waals surface area contributed by atoms with Crippen LogP contribution < -0.4 is 0 Å². The van der Waals surface area contributed by atoms with Gasteiger partial charge in [0.1, 0.15) is 18.0 Å². The topological polar surface area (TPSA) is 43.1 Å². The van der Waals surface area contributed by atoms with Gasteiger partial charge in [-0.3, -0.25) is 0 Å². The predicted octanol–water partition coefficient (Wildman–Crippen LogP) is 2.99. The molecule has 6 heteroatoms. The third-order valence-corrected chi connectivity index (χ3v) is 3.28. The van der Waals surface area contributed by atoms with Gasteiger partial charge in [-0.15, -0.1) is 0 Å². The zero-order chi connectivity index (χ0) is 14.4. The molecule has 0 amide bonds. The van der Waals surface area contributed by atoms with E-state index in [9.17, 15) is 8.78 Å². The first-order valence-electron chi connectivity index (χ1n) is 6.12. The van der Waals surface area contributed by atoms with Crippen molar-refractivity contribution in [1.82, 2.24) is 19.6 Å². The van der Waals surface area contributed by atoms with Crippen LogP contribution in [0.1, 0.15) is 17.0 Å². The van der Waals surface area contributed by atoms with Gasteiger partial charge in [0.2, 0.25) is 0 Å². The minimum atomic E-state index is -0.602. The lowest BCUT2D eigenvalue weighted by Gasteiger charge is -2.12. The van der Waals surface area contributed by atoms with Crippen LogP contribution in [0.25, 0.3) is 16.9 Å². The number of hydrogen-bond donors (Lipinski definition) is 0. The Morgan fingerprint density at radius 1 is 1.00 bits per heavy atom. The van der Waals surface area contributed by atoms with E-state index in [4.69, 9.17) is 0 Å². The third-order valence-electron chi connectivity index (χ3n) is 3.28. The number of hydrogen-bond acceptors (Lipinski definition) is 3. The molecule has 20 heavy (non-hydrogen) atoms. The minimum Gasteiger partial charge on any atom is -0.216 e. The van der Waals surface area contributed by atoms with Crippen molar-refractivity contribution in [2.45, 2.75) is 20.8 Å². The third kappa shape index (κ3) is 1.76. The molecule has 1 aromatic carbocycles. The van der Waals surface area contributed by atoms with E-state index >= 15 is 0 Å². The largest absolute Gasteiger partial charge is 0.252 e. The fraction of sp³-hybridized carbons (Fsp3) is 0.214. The molecule has 0 spiro atoms. The zero-order valence-corrected chi connectivity index (χ0v) is 11.3. The minimum absolute atomic E-state index is 0.0736. The quantitative estimate of drug-likeness (QED) is 0.685. The van der Waals surface area contributed by atoms with Gasteiger partial charge in [-0.05, 0) is 38.5 Å². The summed E-state index contributed by atoms with van der Waals surface area (Å²) in [5.41, 5.74) is 2.00. The molecular formula is C14H12F2N4. The monoisotopic (exact) mass is 274 g/mol. The summed E-state index contributed by atoms with van der Waals surface area (Å²) in [6, 6.07) is 2.62. The van der Waals surface area contributed by atoms with Crippen molar-refractivity contribution < 1.29 is 8.78 Å². The van der Waals surface area contributed by atoms with E-state index in [-0.39, 0.29) is 5.56 Å². The molecule has 0 atom stereocenters. The van der Waals surface area contributed by atoms with Crippen molar-refractivity contribution in [3.05, 3.63) is 47.0 Å². The van der Waals surface area contributed by atoms with Gasteiger partial charge in [0, 0.05) is 5.56 Å². The van der Waals surface area contributed by atoms with Gasteiger partial charge in [-0.25, -0.2) is 18.3 Å². The average Bonchev–Trinajstić information content (AvgIpc) is 2.80. The molecule has 102 valence electrons. The molecule has 0 unspecified atom stereocenters. The number of nitrogens with zero attached hydrogens (tertiary/aromatic N) is 4. The lowest BCUT2D eigenvalue weighted by molar-refractivity contribution is 0.586. The second-order valence-electron chi connectivity index (χ2n) is 4.73. The summed E-state index contributed by atoms with van der Waals surface area (Å²) >= 11 is 0. The molecule has 0 aliphatic heterocycles. The van der Waals surface area contributed by atoms with E-state index in [1.807, 2.05) is 0 Å². The molecule has 4 nitrogen and oxygen atoms in total. The summed E-state index contributed by atoms with van der Waals surface area (Å²) in [6.45, 7) is 5.09. The molecule has 2 aromatic heterocycles. The van der Waals surface area contributed by atoms with Crippen LogP contribution in [0.4, 0.5) is 8.78 Å². The van der Waals surface area contributed by atoms with Crippen LogP contribution in [-0.2, 0) is 0 Å². The summed E-state index contributed by atoms with van der Waals surface area (Å²) in [5, 5.41) is 4.02. The molecule has 0 aliphatic rings. The molecule has 3 rings (SSSR count). The number of benzene rings is 1. The smallest absolute Gasteiger partial charge is 0.216 e. The zero-order valence-electron chi connectivity index (χ0n) is 11.3. The second kappa shape index (κ2) is 4.33. The van der Waals surface area contributed by atoms with Crippen LogP contribution in [0, 0.1) is 32.4 Å². The van der Waals surface area contributed by atoms with Crippen LogP contribution >= 0.6 is 0 Å². The first-order chi connectivity index (χ1) is 9.49. The first kappa shape index (κ1) is 12.7. The maximum atomic E-state index is 14.2. The van der Waals surface area contributed by atoms with Crippen molar-refractivity contribution in [3.63, 3.8) is 0 Å². The summed E-state index contributed by atoms with van der Waals surface area (Å²) < 4.78 is 29.8. The number of halogens is 2. The molecule has 2 heterocycles. The highest BCUT2D eigenvalue weighted by Crippen LogP contribution is 2.31. The van der Waals surface area contributed by atoms with Crippen LogP contribution in [0.5, 0.6) is 0 Å². The summed E-state index contributed by atoms with van der Waals surface area (Å²) in [6.07, 6.45) is 1.36. The van der Waals surface area contributed by atoms with Crippen molar-refractivity contribution in [2.75, 3.05) is 0 Å². The molecule has 0 N–H and O–H groups in total. The van der Waals surface area contributed by atoms with E-state index in [2.05, 4.69) is 15.1 Å². The maximum absolute atomic E-state index is 14.2. The normalized spacial score (nSPS) is 11.2. The number of aryl methyl sites for hydroxylation is 3. The van der Waals surface area contributed by atoms with Gasteiger partial charge in [0.15, 0.2) is 0 Å². The molecule has 0 radical (unpaired) electrons. The Morgan fingerprint density at radius 2 is 1.65 bits per heavy atom. The highest BCUT2D eigenvalue weighted by atomic mass is 19.1. The van der Waals surface area contributed by atoms with E-state index in [1.54, 1.807) is 20.8 Å². The van der Waals surface area contributed by atoms with E-state index < -0.39 is 11.6 Å². The first-order valence-corrected chi connectivity index (χ1v) is 6.12. The van der Waals surface area contributed by atoms with Crippen molar-refractivity contribution in [2.24, 2.45) is 0 Å². The number of fused-ring (bicyclic) bond motifs is 1. The fourth-order valence-electron chi connectivity index (χ4n) is 2.42. The Balaban J connectivity index is 2.40. The Hall–Kier alpha value is -2.37. The summed E-state index contributed by atoms with van der Waals surface area (Å²) in [7, 11) is 0. The fourth-order valence-corrected chi connectivity index (χ4v) is 2.42. The average molecular weight is 274 g/mol. The molecule has 0 saturated carbocycles. The summed E-state index contributed by atoms with van der Waals surface area (Å²) in [5.74, 6) is -0.790. The Morgan fingerprint density at radius 3 is 2.30 bits per heavy atom. The molecule has 0 bridgehead atoms. The lowest BCUT2D eigenvalue weighted by Crippen LogP contribution is -2.05. The SMILES string of the molecule is Cc1cc(F)c(-c2c(C)nc3ncnn3c2C)c(F)c1. The van der Waals surface area contributed by atoms with E-state index in [0.29, 0.717) is 28.3 Å². The Kier molecular flexibility index (Phi) is 2.74. The highest BCUT2D eigenvalue weighted by molar-refractivity contribution is 5.70. The molecule has 0 fully saturated rings.